The Hall–Kier alpha value is -1.35. The van der Waals surface area contributed by atoms with E-state index in [1.807, 2.05) is 13.8 Å². The quantitative estimate of drug-likeness (QED) is 0.904. The highest BCUT2D eigenvalue weighted by Gasteiger charge is 2.23. The van der Waals surface area contributed by atoms with E-state index in [4.69, 9.17) is 9.47 Å². The number of aryl methyl sites for hydroxylation is 2. The number of rotatable bonds is 5. The first kappa shape index (κ1) is 15.5. The normalized spacial score (nSPS) is 15.4. The van der Waals surface area contributed by atoms with Gasteiger partial charge in [0.15, 0.2) is 0 Å². The van der Waals surface area contributed by atoms with E-state index in [-0.39, 0.29) is 5.91 Å². The van der Waals surface area contributed by atoms with Crippen molar-refractivity contribution in [2.45, 2.75) is 26.6 Å². The van der Waals surface area contributed by atoms with Crippen LogP contribution in [-0.2, 0) is 15.9 Å². The number of nitrogens with zero attached hydrogens (tertiary/aromatic N) is 2. The second-order valence-corrected chi connectivity index (χ2v) is 7.23. The molecule has 6 nitrogen and oxygen atoms in total. The Morgan fingerprint density at radius 2 is 2.14 bits per heavy atom. The first-order chi connectivity index (χ1) is 10.6. The molecule has 1 fully saturated rings. The number of ether oxygens (including phenoxy) is 2. The van der Waals surface area contributed by atoms with Crippen molar-refractivity contribution in [1.29, 1.82) is 0 Å². The van der Waals surface area contributed by atoms with Gasteiger partial charge in [-0.05, 0) is 13.8 Å². The van der Waals surface area contributed by atoms with Crippen LogP contribution in [0, 0.1) is 13.8 Å². The van der Waals surface area contributed by atoms with Crippen LogP contribution >= 0.6 is 22.7 Å². The molecular formula is C14H17N3O3S2. The number of thiazole rings is 2. The Labute approximate surface area is 136 Å². The van der Waals surface area contributed by atoms with Crippen molar-refractivity contribution >= 4 is 28.6 Å². The van der Waals surface area contributed by atoms with Gasteiger partial charge in [-0.15, -0.1) is 22.7 Å². The highest BCUT2D eigenvalue weighted by Crippen LogP contribution is 2.27. The first-order valence-corrected chi connectivity index (χ1v) is 8.67. The largest absolute Gasteiger partial charge is 0.351 e. The number of aromatic nitrogens is 2. The lowest BCUT2D eigenvalue weighted by Gasteiger charge is -2.04. The molecule has 0 saturated carbocycles. The fourth-order valence-corrected chi connectivity index (χ4v) is 3.95. The van der Waals surface area contributed by atoms with E-state index in [9.17, 15) is 4.79 Å². The Morgan fingerprint density at radius 3 is 2.82 bits per heavy atom. The van der Waals surface area contributed by atoms with Crippen LogP contribution in [0.2, 0.25) is 0 Å². The van der Waals surface area contributed by atoms with Gasteiger partial charge in [0.1, 0.15) is 9.88 Å². The fraction of sp³-hybridized carbons (Fsp3) is 0.500. The van der Waals surface area contributed by atoms with E-state index in [0.717, 1.165) is 17.1 Å². The summed E-state index contributed by atoms with van der Waals surface area (Å²) in [4.78, 5) is 22.5. The van der Waals surface area contributed by atoms with Crippen molar-refractivity contribution in [3.8, 4) is 0 Å². The molecule has 22 heavy (non-hydrogen) atoms. The maximum atomic E-state index is 12.1. The SMILES string of the molecule is Cc1nc(C)c(CCNC(=O)c2cnc(C3OCCO3)s2)s1. The molecule has 118 valence electrons. The lowest BCUT2D eigenvalue weighted by atomic mass is 10.3. The number of hydrogen-bond donors (Lipinski definition) is 1. The van der Waals surface area contributed by atoms with Gasteiger partial charge in [-0.3, -0.25) is 4.79 Å². The molecule has 1 aliphatic rings. The Bertz CT molecular complexity index is 662. The van der Waals surface area contributed by atoms with Gasteiger partial charge in [0.2, 0.25) is 6.29 Å². The molecule has 8 heteroatoms. The molecular weight excluding hydrogens is 322 g/mol. The van der Waals surface area contributed by atoms with Crippen LogP contribution in [0.5, 0.6) is 0 Å². The van der Waals surface area contributed by atoms with Crippen LogP contribution in [0.4, 0.5) is 0 Å². The summed E-state index contributed by atoms with van der Waals surface area (Å²) < 4.78 is 10.7. The van der Waals surface area contributed by atoms with Crippen LogP contribution in [0.25, 0.3) is 0 Å². The standard InChI is InChI=1S/C14H17N3O3S2/c1-8-10(21-9(2)17-8)3-4-15-12(18)11-7-16-13(22-11)14-19-5-6-20-14/h7,14H,3-6H2,1-2H3,(H,15,18). The van der Waals surface area contributed by atoms with Crippen molar-refractivity contribution in [3.63, 3.8) is 0 Å². The lowest BCUT2D eigenvalue weighted by Crippen LogP contribution is -2.24. The highest BCUT2D eigenvalue weighted by atomic mass is 32.1. The Kier molecular flexibility index (Phi) is 4.82. The molecule has 0 radical (unpaired) electrons. The molecule has 0 spiro atoms. The van der Waals surface area contributed by atoms with Gasteiger partial charge < -0.3 is 14.8 Å². The fourth-order valence-electron chi connectivity index (χ4n) is 2.18. The third-order valence-electron chi connectivity index (χ3n) is 3.21. The summed E-state index contributed by atoms with van der Waals surface area (Å²) in [7, 11) is 0. The summed E-state index contributed by atoms with van der Waals surface area (Å²) in [5.74, 6) is -0.111. The Morgan fingerprint density at radius 1 is 1.36 bits per heavy atom. The number of amides is 1. The topological polar surface area (TPSA) is 73.3 Å². The van der Waals surface area contributed by atoms with Gasteiger partial charge >= 0.3 is 0 Å². The van der Waals surface area contributed by atoms with E-state index in [1.54, 1.807) is 17.5 Å². The van der Waals surface area contributed by atoms with E-state index >= 15 is 0 Å². The van der Waals surface area contributed by atoms with Crippen molar-refractivity contribution in [2.24, 2.45) is 0 Å². The highest BCUT2D eigenvalue weighted by molar-refractivity contribution is 7.13. The molecule has 3 rings (SSSR count). The number of carbonyl (C=O) groups excluding carboxylic acids is 1. The predicted octanol–water partition coefficient (Wildman–Crippen LogP) is 2.23. The van der Waals surface area contributed by atoms with E-state index in [0.29, 0.717) is 29.6 Å². The molecule has 1 aliphatic heterocycles. The lowest BCUT2D eigenvalue weighted by molar-refractivity contribution is -0.0442. The van der Waals surface area contributed by atoms with Crippen molar-refractivity contribution < 1.29 is 14.3 Å². The van der Waals surface area contributed by atoms with Crippen molar-refractivity contribution in [3.05, 3.63) is 31.7 Å². The van der Waals surface area contributed by atoms with Crippen molar-refractivity contribution in [2.75, 3.05) is 19.8 Å². The zero-order chi connectivity index (χ0) is 15.5. The van der Waals surface area contributed by atoms with Gasteiger partial charge in [-0.1, -0.05) is 0 Å². The molecule has 0 unspecified atom stereocenters. The van der Waals surface area contributed by atoms with Gasteiger partial charge in [0.25, 0.3) is 5.91 Å². The summed E-state index contributed by atoms with van der Waals surface area (Å²) in [6.07, 6.45) is 1.95. The van der Waals surface area contributed by atoms with Crippen LogP contribution in [0.15, 0.2) is 6.20 Å². The van der Waals surface area contributed by atoms with Gasteiger partial charge in [0.05, 0.1) is 30.1 Å². The molecule has 0 aromatic carbocycles. The zero-order valence-electron chi connectivity index (χ0n) is 12.4. The van der Waals surface area contributed by atoms with Gasteiger partial charge in [-0.25, -0.2) is 9.97 Å². The summed E-state index contributed by atoms with van der Waals surface area (Å²) in [5, 5.41) is 4.67. The molecule has 2 aromatic rings. The third kappa shape index (κ3) is 3.52. The van der Waals surface area contributed by atoms with E-state index < -0.39 is 6.29 Å². The number of hydrogen-bond acceptors (Lipinski definition) is 7. The predicted molar refractivity (Wildman–Crippen MR) is 84.4 cm³/mol. The molecule has 0 bridgehead atoms. The maximum Gasteiger partial charge on any atom is 0.263 e. The molecule has 0 aliphatic carbocycles. The average Bonchev–Trinajstić information content (AvgIpc) is 3.19. The third-order valence-corrected chi connectivity index (χ3v) is 5.36. The van der Waals surface area contributed by atoms with Crippen LogP contribution in [-0.4, -0.2) is 35.6 Å². The van der Waals surface area contributed by atoms with Gasteiger partial charge in [0, 0.05) is 17.8 Å². The van der Waals surface area contributed by atoms with Crippen LogP contribution < -0.4 is 5.32 Å². The molecule has 2 aromatic heterocycles. The Balaban J connectivity index is 1.52. The number of nitrogens with one attached hydrogen (secondary N) is 1. The zero-order valence-corrected chi connectivity index (χ0v) is 14.1. The second kappa shape index (κ2) is 6.82. The second-order valence-electron chi connectivity index (χ2n) is 4.88. The summed E-state index contributed by atoms with van der Waals surface area (Å²) in [5.41, 5.74) is 1.05. The van der Waals surface area contributed by atoms with Crippen LogP contribution in [0.3, 0.4) is 0 Å². The van der Waals surface area contributed by atoms with E-state index in [2.05, 4.69) is 15.3 Å². The summed E-state index contributed by atoms with van der Waals surface area (Å²) in [6, 6.07) is 0. The minimum Gasteiger partial charge on any atom is -0.351 e. The van der Waals surface area contributed by atoms with Gasteiger partial charge in [-0.2, -0.15) is 0 Å². The molecule has 1 N–H and O–H groups in total. The maximum absolute atomic E-state index is 12.1. The number of carbonyl (C=O) groups is 1. The molecule has 1 saturated heterocycles. The summed E-state index contributed by atoms with van der Waals surface area (Å²) in [6.45, 7) is 5.72. The summed E-state index contributed by atoms with van der Waals surface area (Å²) >= 11 is 2.99. The molecule has 3 heterocycles. The van der Waals surface area contributed by atoms with Crippen LogP contribution in [0.1, 0.15) is 36.5 Å². The monoisotopic (exact) mass is 339 g/mol. The minimum absolute atomic E-state index is 0.111. The molecule has 1 amide bonds. The molecule has 0 atom stereocenters. The first-order valence-electron chi connectivity index (χ1n) is 7.03. The minimum atomic E-state index is -0.422. The average molecular weight is 339 g/mol. The smallest absolute Gasteiger partial charge is 0.263 e. The van der Waals surface area contributed by atoms with E-state index in [1.165, 1.54) is 16.2 Å². The van der Waals surface area contributed by atoms with Crippen molar-refractivity contribution in [1.82, 2.24) is 15.3 Å².